The number of terminal acetylenes is 1. The lowest BCUT2D eigenvalue weighted by Gasteiger charge is -2.19. The van der Waals surface area contributed by atoms with Crippen molar-refractivity contribution >= 4 is 16.8 Å². The minimum absolute atomic E-state index is 0.405. The molecular weight excluding hydrogens is 230 g/mol. The number of ether oxygens (including phenoxy) is 1. The molecule has 0 heterocycles. The largest absolute Gasteiger partial charge is 0.487 e. The molecule has 1 aliphatic rings. The van der Waals surface area contributed by atoms with E-state index in [-0.39, 0.29) is 0 Å². The topological polar surface area (TPSA) is 21.6 Å². The molecule has 1 saturated carbocycles. The number of hydrogen-bond acceptors (Lipinski definition) is 3. The Kier molecular flexibility index (Phi) is 6.62. The molecule has 0 aromatic rings. The molecule has 0 amide bonds. The molecule has 0 atom stereocenters. The summed E-state index contributed by atoms with van der Waals surface area (Å²) in [7, 11) is 1.61. The number of methoxy groups -OCH3 is 1. The van der Waals surface area contributed by atoms with Crippen molar-refractivity contribution in [2.75, 3.05) is 12.9 Å². The number of aliphatic imine (C=N–C) groups is 1. The maximum Gasteiger partial charge on any atom is 0.193 e. The molecule has 0 aromatic heterocycles. The third kappa shape index (κ3) is 4.73. The van der Waals surface area contributed by atoms with E-state index < -0.39 is 0 Å². The number of rotatable bonds is 4. The highest BCUT2D eigenvalue weighted by Gasteiger charge is 2.15. The van der Waals surface area contributed by atoms with Crippen LogP contribution < -0.4 is 0 Å². The van der Waals surface area contributed by atoms with Crippen molar-refractivity contribution in [3.05, 3.63) is 18.1 Å². The van der Waals surface area contributed by atoms with Gasteiger partial charge in [-0.05, 0) is 12.8 Å². The zero-order chi connectivity index (χ0) is 12.5. The zero-order valence-electron chi connectivity index (χ0n) is 10.4. The Labute approximate surface area is 108 Å². The third-order valence-electron chi connectivity index (χ3n) is 2.73. The van der Waals surface area contributed by atoms with Gasteiger partial charge in [0.05, 0.1) is 18.9 Å². The number of nitrogens with zero attached hydrogens (tertiary/aromatic N) is 1. The Morgan fingerprint density at radius 1 is 1.47 bits per heavy atom. The maximum atomic E-state index is 5.28. The van der Waals surface area contributed by atoms with Crippen LogP contribution in [-0.2, 0) is 4.74 Å². The summed E-state index contributed by atoms with van der Waals surface area (Å²) in [5, 5.41) is 0.840. The monoisotopic (exact) mass is 249 g/mol. The normalized spacial score (nSPS) is 17.1. The predicted octanol–water partition coefficient (Wildman–Crippen LogP) is 3.40. The van der Waals surface area contributed by atoms with E-state index in [9.17, 15) is 0 Å². The second kappa shape index (κ2) is 8.06. The van der Waals surface area contributed by atoms with E-state index >= 15 is 0 Å². The van der Waals surface area contributed by atoms with Crippen LogP contribution in [0.3, 0.4) is 0 Å². The van der Waals surface area contributed by atoms with Crippen LogP contribution in [0.2, 0.25) is 0 Å². The van der Waals surface area contributed by atoms with Gasteiger partial charge in [0.25, 0.3) is 0 Å². The first-order chi connectivity index (χ1) is 8.31. The highest BCUT2D eigenvalue weighted by molar-refractivity contribution is 8.14. The number of hydrogen-bond donors (Lipinski definition) is 0. The van der Waals surface area contributed by atoms with E-state index in [1.807, 2.05) is 0 Å². The average molecular weight is 249 g/mol. The molecule has 0 saturated heterocycles. The molecule has 2 nitrogen and oxygen atoms in total. The Morgan fingerprint density at radius 3 is 2.71 bits per heavy atom. The van der Waals surface area contributed by atoms with Crippen molar-refractivity contribution in [2.24, 2.45) is 4.99 Å². The molecule has 0 N–H and O–H groups in total. The summed E-state index contributed by atoms with van der Waals surface area (Å²) < 4.78 is 5.22. The lowest BCUT2D eigenvalue weighted by molar-refractivity contribution is 0.316. The predicted molar refractivity (Wildman–Crippen MR) is 75.3 cm³/mol. The van der Waals surface area contributed by atoms with Crippen molar-refractivity contribution in [3.8, 4) is 12.3 Å². The van der Waals surface area contributed by atoms with Crippen LogP contribution in [0.1, 0.15) is 32.1 Å². The molecule has 92 valence electrons. The molecule has 17 heavy (non-hydrogen) atoms. The summed E-state index contributed by atoms with van der Waals surface area (Å²) in [6.07, 6.45) is 11.5. The molecule has 3 heteroatoms. The fourth-order valence-electron chi connectivity index (χ4n) is 1.88. The average Bonchev–Trinajstić information content (AvgIpc) is 2.38. The van der Waals surface area contributed by atoms with Crippen molar-refractivity contribution in [3.63, 3.8) is 0 Å². The van der Waals surface area contributed by atoms with E-state index in [0.717, 1.165) is 17.9 Å². The minimum Gasteiger partial charge on any atom is -0.487 e. The molecule has 1 aliphatic carbocycles. The highest BCUT2D eigenvalue weighted by atomic mass is 32.2. The Bertz CT molecular complexity index is 355. The van der Waals surface area contributed by atoms with E-state index in [0.29, 0.717) is 17.6 Å². The summed E-state index contributed by atoms with van der Waals surface area (Å²) in [6.45, 7) is 3.62. The van der Waals surface area contributed by atoms with Gasteiger partial charge in [-0.2, -0.15) is 0 Å². The smallest absolute Gasteiger partial charge is 0.193 e. The van der Waals surface area contributed by atoms with Crippen LogP contribution in [0.4, 0.5) is 0 Å². The van der Waals surface area contributed by atoms with E-state index in [1.165, 1.54) is 31.0 Å². The van der Waals surface area contributed by atoms with Gasteiger partial charge in [-0.3, -0.25) is 4.99 Å². The fourth-order valence-corrected chi connectivity index (χ4v) is 2.61. The second-order valence-corrected chi connectivity index (χ2v) is 4.89. The number of thioether (sulfide) groups is 1. The first kappa shape index (κ1) is 14.0. The fraction of sp³-hybridized carbons (Fsp3) is 0.571. The quantitative estimate of drug-likeness (QED) is 0.250. The van der Waals surface area contributed by atoms with Crippen LogP contribution in [0.5, 0.6) is 0 Å². The summed E-state index contributed by atoms with van der Waals surface area (Å²) in [5.41, 5.74) is 2.77. The molecule has 0 radical (unpaired) electrons. The van der Waals surface area contributed by atoms with Crippen LogP contribution in [0.25, 0.3) is 0 Å². The zero-order valence-corrected chi connectivity index (χ0v) is 11.2. The second-order valence-electron chi connectivity index (χ2n) is 3.93. The van der Waals surface area contributed by atoms with E-state index in [4.69, 9.17) is 16.2 Å². The molecule has 0 bridgehead atoms. The van der Waals surface area contributed by atoms with Crippen LogP contribution in [-0.4, -0.2) is 23.9 Å². The highest BCUT2D eigenvalue weighted by Crippen LogP contribution is 2.23. The third-order valence-corrected chi connectivity index (χ3v) is 3.60. The van der Waals surface area contributed by atoms with E-state index in [2.05, 4.69) is 18.2 Å². The van der Waals surface area contributed by atoms with Gasteiger partial charge in [0.15, 0.2) is 5.76 Å². The van der Waals surface area contributed by atoms with Gasteiger partial charge in [0.2, 0.25) is 0 Å². The molecule has 0 aliphatic heterocycles. The van der Waals surface area contributed by atoms with Crippen LogP contribution in [0.15, 0.2) is 23.1 Å². The van der Waals surface area contributed by atoms with Gasteiger partial charge in [-0.15, -0.1) is 6.42 Å². The van der Waals surface area contributed by atoms with Gasteiger partial charge in [0, 0.05) is 0 Å². The summed E-state index contributed by atoms with van der Waals surface area (Å²) in [5.74, 6) is 3.81. The lowest BCUT2D eigenvalue weighted by Crippen LogP contribution is -2.13. The molecular formula is C14H19NOS. The van der Waals surface area contributed by atoms with Gasteiger partial charge in [-0.1, -0.05) is 49.3 Å². The first-order valence-electron chi connectivity index (χ1n) is 5.90. The van der Waals surface area contributed by atoms with Crippen molar-refractivity contribution in [1.82, 2.24) is 0 Å². The van der Waals surface area contributed by atoms with E-state index in [1.54, 1.807) is 7.11 Å². The molecule has 1 rings (SSSR count). The SMILES string of the molecule is C#CCSC(=NC1CCCCC1)C(=C=C)OC. The minimum atomic E-state index is 0.405. The van der Waals surface area contributed by atoms with Gasteiger partial charge >= 0.3 is 0 Å². The summed E-state index contributed by atoms with van der Waals surface area (Å²) in [4.78, 5) is 4.73. The van der Waals surface area contributed by atoms with Crippen molar-refractivity contribution in [2.45, 2.75) is 38.1 Å². The van der Waals surface area contributed by atoms with Crippen molar-refractivity contribution < 1.29 is 4.74 Å². The summed E-state index contributed by atoms with van der Waals surface area (Å²) in [6, 6.07) is 0.405. The molecule has 0 unspecified atom stereocenters. The Hall–Kier alpha value is -1.10. The van der Waals surface area contributed by atoms with Crippen LogP contribution >= 0.6 is 11.8 Å². The standard InChI is InChI=1S/C14H19NOS/c1-4-11-17-14(13(5-2)16-3)15-12-9-7-6-8-10-12/h1,12H,2,6-11H2,3H3. The van der Waals surface area contributed by atoms with Gasteiger partial charge in [-0.25, -0.2) is 0 Å². The molecule has 0 spiro atoms. The Morgan fingerprint density at radius 2 is 2.18 bits per heavy atom. The lowest BCUT2D eigenvalue weighted by atomic mass is 9.96. The van der Waals surface area contributed by atoms with Gasteiger partial charge in [0.1, 0.15) is 5.04 Å². The first-order valence-corrected chi connectivity index (χ1v) is 6.88. The molecule has 0 aromatic carbocycles. The van der Waals surface area contributed by atoms with Gasteiger partial charge < -0.3 is 4.74 Å². The summed E-state index contributed by atoms with van der Waals surface area (Å²) >= 11 is 1.52. The maximum absolute atomic E-state index is 5.28. The molecule has 1 fully saturated rings. The Balaban J connectivity index is 2.76. The van der Waals surface area contributed by atoms with Crippen LogP contribution in [0, 0.1) is 12.3 Å². The van der Waals surface area contributed by atoms with Crippen molar-refractivity contribution in [1.29, 1.82) is 0 Å².